The number of aromatic nitrogens is 3. The SMILES string of the molecule is CC1CCCN(C(=O)CSc2nnc(-c3ccccc3)n2-c2ccccc2)C1. The van der Waals surface area contributed by atoms with Crippen LogP contribution < -0.4 is 0 Å². The van der Waals surface area contributed by atoms with E-state index in [0.717, 1.165) is 41.7 Å². The summed E-state index contributed by atoms with van der Waals surface area (Å²) in [5.41, 5.74) is 2.00. The van der Waals surface area contributed by atoms with Gasteiger partial charge in [-0.2, -0.15) is 0 Å². The summed E-state index contributed by atoms with van der Waals surface area (Å²) in [5, 5.41) is 9.58. The van der Waals surface area contributed by atoms with E-state index in [1.807, 2.05) is 70.1 Å². The third-order valence-corrected chi connectivity index (χ3v) is 5.93. The van der Waals surface area contributed by atoms with E-state index >= 15 is 0 Å². The number of amides is 1. The zero-order chi connectivity index (χ0) is 19.3. The van der Waals surface area contributed by atoms with Crippen LogP contribution in [0.2, 0.25) is 0 Å². The maximum absolute atomic E-state index is 12.7. The molecular weight excluding hydrogens is 368 g/mol. The molecular formula is C22H24N4OS. The molecule has 0 N–H and O–H groups in total. The number of hydrogen-bond acceptors (Lipinski definition) is 4. The van der Waals surface area contributed by atoms with E-state index in [-0.39, 0.29) is 5.91 Å². The van der Waals surface area contributed by atoms with Gasteiger partial charge in [0.05, 0.1) is 5.75 Å². The highest BCUT2D eigenvalue weighted by molar-refractivity contribution is 7.99. The number of para-hydroxylation sites is 1. The lowest BCUT2D eigenvalue weighted by atomic mass is 10.0. The molecule has 1 fully saturated rings. The predicted molar refractivity (Wildman–Crippen MR) is 112 cm³/mol. The van der Waals surface area contributed by atoms with Crippen LogP contribution in [0.5, 0.6) is 0 Å². The topological polar surface area (TPSA) is 51.0 Å². The van der Waals surface area contributed by atoms with Crippen molar-refractivity contribution in [1.29, 1.82) is 0 Å². The van der Waals surface area contributed by atoms with Crippen molar-refractivity contribution in [2.45, 2.75) is 24.9 Å². The zero-order valence-electron chi connectivity index (χ0n) is 16.0. The van der Waals surface area contributed by atoms with Crippen molar-refractivity contribution in [3.05, 3.63) is 60.7 Å². The Bertz CT molecular complexity index is 926. The Labute approximate surface area is 169 Å². The van der Waals surface area contributed by atoms with E-state index in [4.69, 9.17) is 0 Å². The lowest BCUT2D eigenvalue weighted by molar-refractivity contribution is -0.130. The highest BCUT2D eigenvalue weighted by Gasteiger charge is 2.22. The van der Waals surface area contributed by atoms with Gasteiger partial charge in [0.1, 0.15) is 0 Å². The average Bonchev–Trinajstić information content (AvgIpc) is 3.17. The fourth-order valence-electron chi connectivity index (χ4n) is 3.58. The number of carbonyl (C=O) groups excluding carboxylic acids is 1. The Hall–Kier alpha value is -2.60. The summed E-state index contributed by atoms with van der Waals surface area (Å²) in [6.07, 6.45) is 2.30. The van der Waals surface area contributed by atoms with Gasteiger partial charge in [-0.25, -0.2) is 0 Å². The van der Waals surface area contributed by atoms with Gasteiger partial charge in [0.15, 0.2) is 11.0 Å². The molecule has 1 unspecified atom stereocenters. The van der Waals surface area contributed by atoms with Crippen molar-refractivity contribution >= 4 is 17.7 Å². The van der Waals surface area contributed by atoms with Gasteiger partial charge >= 0.3 is 0 Å². The number of carbonyl (C=O) groups is 1. The predicted octanol–water partition coefficient (Wildman–Crippen LogP) is 4.28. The summed E-state index contributed by atoms with van der Waals surface area (Å²) in [5.74, 6) is 1.93. The van der Waals surface area contributed by atoms with Gasteiger partial charge in [-0.1, -0.05) is 67.2 Å². The standard InChI is InChI=1S/C22H24N4OS/c1-17-9-8-14-25(15-17)20(27)16-28-22-24-23-21(18-10-4-2-5-11-18)26(22)19-12-6-3-7-13-19/h2-7,10-13,17H,8-9,14-16H2,1H3. The monoisotopic (exact) mass is 392 g/mol. The van der Waals surface area contributed by atoms with Crippen molar-refractivity contribution in [2.24, 2.45) is 5.92 Å². The first-order valence-electron chi connectivity index (χ1n) is 9.69. The molecule has 1 aromatic heterocycles. The largest absolute Gasteiger partial charge is 0.342 e. The second-order valence-corrected chi connectivity index (χ2v) is 8.16. The summed E-state index contributed by atoms with van der Waals surface area (Å²) in [7, 11) is 0. The van der Waals surface area contributed by atoms with Gasteiger partial charge in [-0.05, 0) is 30.9 Å². The molecule has 2 aromatic carbocycles. The molecule has 144 valence electrons. The molecule has 2 heterocycles. The molecule has 28 heavy (non-hydrogen) atoms. The van der Waals surface area contributed by atoms with Gasteiger partial charge in [0, 0.05) is 24.3 Å². The molecule has 0 radical (unpaired) electrons. The molecule has 4 rings (SSSR count). The Kier molecular flexibility index (Phi) is 5.76. The molecule has 3 aromatic rings. The molecule has 6 heteroatoms. The van der Waals surface area contributed by atoms with Crippen LogP contribution in [-0.4, -0.2) is 44.4 Å². The van der Waals surface area contributed by atoms with E-state index in [2.05, 4.69) is 17.1 Å². The van der Waals surface area contributed by atoms with Crippen molar-refractivity contribution in [3.63, 3.8) is 0 Å². The van der Waals surface area contributed by atoms with E-state index in [1.165, 1.54) is 18.2 Å². The van der Waals surface area contributed by atoms with Gasteiger partial charge in [-0.3, -0.25) is 9.36 Å². The average molecular weight is 393 g/mol. The zero-order valence-corrected chi connectivity index (χ0v) is 16.8. The van der Waals surface area contributed by atoms with Crippen LogP contribution in [0.4, 0.5) is 0 Å². The number of nitrogens with zero attached hydrogens (tertiary/aromatic N) is 4. The molecule has 1 atom stereocenters. The van der Waals surface area contributed by atoms with Crippen LogP contribution >= 0.6 is 11.8 Å². The molecule has 1 aliphatic rings. The molecule has 1 aliphatic heterocycles. The normalized spacial score (nSPS) is 16.9. The third kappa shape index (κ3) is 4.12. The first-order valence-corrected chi connectivity index (χ1v) is 10.7. The fourth-order valence-corrected chi connectivity index (χ4v) is 4.44. The van der Waals surface area contributed by atoms with Crippen LogP contribution in [-0.2, 0) is 4.79 Å². The summed E-state index contributed by atoms with van der Waals surface area (Å²) in [4.78, 5) is 14.7. The summed E-state index contributed by atoms with van der Waals surface area (Å²) < 4.78 is 2.03. The van der Waals surface area contributed by atoms with Crippen LogP contribution in [0.3, 0.4) is 0 Å². The smallest absolute Gasteiger partial charge is 0.233 e. The van der Waals surface area contributed by atoms with E-state index in [9.17, 15) is 4.79 Å². The number of benzene rings is 2. The minimum Gasteiger partial charge on any atom is -0.342 e. The Balaban J connectivity index is 1.59. The summed E-state index contributed by atoms with van der Waals surface area (Å²) in [6, 6.07) is 20.1. The maximum atomic E-state index is 12.7. The lowest BCUT2D eigenvalue weighted by Crippen LogP contribution is -2.40. The molecule has 0 bridgehead atoms. The molecule has 0 saturated carbocycles. The van der Waals surface area contributed by atoms with Gasteiger partial charge in [-0.15, -0.1) is 10.2 Å². The van der Waals surface area contributed by atoms with Gasteiger partial charge in [0.2, 0.25) is 5.91 Å². The second kappa shape index (κ2) is 8.61. The molecule has 1 amide bonds. The minimum atomic E-state index is 0.181. The number of hydrogen-bond donors (Lipinski definition) is 0. The molecule has 5 nitrogen and oxygen atoms in total. The first-order chi connectivity index (χ1) is 13.7. The van der Waals surface area contributed by atoms with Crippen LogP contribution in [0.25, 0.3) is 17.1 Å². The van der Waals surface area contributed by atoms with Crippen molar-refractivity contribution < 1.29 is 4.79 Å². The Morgan fingerprint density at radius 1 is 1.07 bits per heavy atom. The fraction of sp³-hybridized carbons (Fsp3) is 0.318. The lowest BCUT2D eigenvalue weighted by Gasteiger charge is -2.30. The molecule has 0 spiro atoms. The van der Waals surface area contributed by atoms with Crippen molar-refractivity contribution in [2.75, 3.05) is 18.8 Å². The highest BCUT2D eigenvalue weighted by atomic mass is 32.2. The maximum Gasteiger partial charge on any atom is 0.233 e. The minimum absolute atomic E-state index is 0.181. The van der Waals surface area contributed by atoms with Gasteiger partial charge in [0.25, 0.3) is 0 Å². The number of rotatable bonds is 5. The molecule has 1 saturated heterocycles. The van der Waals surface area contributed by atoms with E-state index in [1.54, 1.807) is 0 Å². The van der Waals surface area contributed by atoms with Crippen molar-refractivity contribution in [3.8, 4) is 17.1 Å². The van der Waals surface area contributed by atoms with Gasteiger partial charge < -0.3 is 4.90 Å². The highest BCUT2D eigenvalue weighted by Crippen LogP contribution is 2.28. The number of piperidine rings is 1. The second-order valence-electron chi connectivity index (χ2n) is 7.22. The van der Waals surface area contributed by atoms with Crippen LogP contribution in [0, 0.1) is 5.92 Å². The first kappa shape index (κ1) is 18.7. The third-order valence-electron chi connectivity index (χ3n) is 5.01. The summed E-state index contributed by atoms with van der Waals surface area (Å²) in [6.45, 7) is 3.94. The van der Waals surface area contributed by atoms with E-state index in [0.29, 0.717) is 11.7 Å². The van der Waals surface area contributed by atoms with Crippen LogP contribution in [0.1, 0.15) is 19.8 Å². The number of likely N-dealkylation sites (tertiary alicyclic amines) is 1. The quantitative estimate of drug-likeness (QED) is 0.608. The summed E-state index contributed by atoms with van der Waals surface area (Å²) >= 11 is 1.46. The Morgan fingerprint density at radius 3 is 2.50 bits per heavy atom. The number of thioether (sulfide) groups is 1. The molecule has 0 aliphatic carbocycles. The van der Waals surface area contributed by atoms with Crippen molar-refractivity contribution in [1.82, 2.24) is 19.7 Å². The van der Waals surface area contributed by atoms with Crippen LogP contribution in [0.15, 0.2) is 65.8 Å². The Morgan fingerprint density at radius 2 is 1.79 bits per heavy atom. The van der Waals surface area contributed by atoms with E-state index < -0.39 is 0 Å².